The monoisotopic (exact) mass is 406 g/mol. The number of rotatable bonds is 6. The highest BCUT2D eigenvalue weighted by atomic mass is 32.2. The SMILES string of the molecule is CCOc1cc(/C=C2/SC(N3CCOCC3)=NC2=O)ccc1OCC(=O)OC. The molecule has 9 heteroatoms. The van der Waals surface area contributed by atoms with Gasteiger partial charge in [0.15, 0.2) is 23.3 Å². The van der Waals surface area contributed by atoms with E-state index < -0.39 is 5.97 Å². The molecule has 0 radical (unpaired) electrons. The van der Waals surface area contributed by atoms with Crippen molar-refractivity contribution in [3.8, 4) is 11.5 Å². The first-order valence-electron chi connectivity index (χ1n) is 8.92. The molecule has 0 bridgehead atoms. The van der Waals surface area contributed by atoms with Crippen molar-refractivity contribution in [2.45, 2.75) is 6.92 Å². The Morgan fingerprint density at radius 3 is 2.79 bits per heavy atom. The van der Waals surface area contributed by atoms with Crippen molar-refractivity contribution in [3.63, 3.8) is 0 Å². The molecule has 28 heavy (non-hydrogen) atoms. The van der Waals surface area contributed by atoms with E-state index in [4.69, 9.17) is 14.2 Å². The van der Waals surface area contributed by atoms with Crippen molar-refractivity contribution in [3.05, 3.63) is 28.7 Å². The van der Waals surface area contributed by atoms with Crippen molar-refractivity contribution in [2.75, 3.05) is 46.6 Å². The number of hydrogen-bond donors (Lipinski definition) is 0. The van der Waals surface area contributed by atoms with E-state index in [9.17, 15) is 9.59 Å². The normalized spacial score (nSPS) is 18.2. The molecule has 1 aromatic rings. The van der Waals surface area contributed by atoms with E-state index >= 15 is 0 Å². The molecular formula is C19H22N2O6S. The molecule has 150 valence electrons. The summed E-state index contributed by atoms with van der Waals surface area (Å²) in [6, 6.07) is 5.26. The Balaban J connectivity index is 1.73. The molecule has 1 saturated heterocycles. The number of nitrogens with zero attached hydrogens (tertiary/aromatic N) is 2. The standard InChI is InChI=1S/C19H22N2O6S/c1-3-26-15-10-13(4-5-14(15)27-12-17(22)24-2)11-16-18(23)20-19(28-16)21-6-8-25-9-7-21/h4-5,10-11H,3,6-9,12H2,1-2H3/b16-11+. The van der Waals surface area contributed by atoms with Crippen LogP contribution in [0, 0.1) is 0 Å². The van der Waals surface area contributed by atoms with Crippen LogP contribution in [-0.4, -0.2) is 68.6 Å². The Morgan fingerprint density at radius 2 is 2.07 bits per heavy atom. The maximum Gasteiger partial charge on any atom is 0.343 e. The van der Waals surface area contributed by atoms with Crippen LogP contribution in [0.4, 0.5) is 0 Å². The Kier molecular flexibility index (Phi) is 6.94. The Morgan fingerprint density at radius 1 is 1.29 bits per heavy atom. The topological polar surface area (TPSA) is 86.7 Å². The number of esters is 1. The van der Waals surface area contributed by atoms with Crippen molar-refractivity contribution in [2.24, 2.45) is 4.99 Å². The van der Waals surface area contributed by atoms with Crippen molar-refractivity contribution >= 4 is 34.9 Å². The van der Waals surface area contributed by atoms with Crippen molar-refractivity contribution < 1.29 is 28.5 Å². The number of carbonyl (C=O) groups excluding carboxylic acids is 2. The summed E-state index contributed by atoms with van der Waals surface area (Å²) in [5, 5.41) is 0.711. The first kappa shape index (κ1) is 20.2. The molecule has 1 amide bonds. The highest BCUT2D eigenvalue weighted by Crippen LogP contribution is 2.33. The van der Waals surface area contributed by atoms with Crippen LogP contribution in [0.3, 0.4) is 0 Å². The third kappa shape index (κ3) is 5.05. The zero-order valence-electron chi connectivity index (χ0n) is 15.8. The molecule has 0 N–H and O–H groups in total. The lowest BCUT2D eigenvalue weighted by Gasteiger charge is -2.27. The van der Waals surface area contributed by atoms with Gasteiger partial charge in [0.25, 0.3) is 5.91 Å². The second-order valence-electron chi connectivity index (χ2n) is 5.91. The molecule has 2 heterocycles. The first-order chi connectivity index (χ1) is 13.6. The lowest BCUT2D eigenvalue weighted by atomic mass is 10.2. The molecule has 2 aliphatic rings. The zero-order valence-corrected chi connectivity index (χ0v) is 16.6. The maximum absolute atomic E-state index is 12.3. The molecule has 0 spiro atoms. The fourth-order valence-electron chi connectivity index (χ4n) is 2.64. The molecule has 3 rings (SSSR count). The predicted molar refractivity (Wildman–Crippen MR) is 106 cm³/mol. The van der Waals surface area contributed by atoms with E-state index in [0.29, 0.717) is 41.4 Å². The molecule has 8 nitrogen and oxygen atoms in total. The molecule has 0 aliphatic carbocycles. The van der Waals surface area contributed by atoms with Gasteiger partial charge in [0, 0.05) is 13.1 Å². The summed E-state index contributed by atoms with van der Waals surface area (Å²) in [6.07, 6.45) is 1.77. The van der Waals surface area contributed by atoms with E-state index in [2.05, 4.69) is 14.6 Å². The van der Waals surface area contributed by atoms with Crippen LogP contribution in [-0.2, 0) is 19.1 Å². The Hall–Kier alpha value is -2.52. The summed E-state index contributed by atoms with van der Waals surface area (Å²) in [5.41, 5.74) is 0.781. The van der Waals surface area contributed by atoms with Crippen LogP contribution in [0.25, 0.3) is 6.08 Å². The molecule has 1 fully saturated rings. The largest absolute Gasteiger partial charge is 0.490 e. The minimum atomic E-state index is -0.477. The summed E-state index contributed by atoms with van der Waals surface area (Å²) in [6.45, 7) is 4.82. The highest BCUT2D eigenvalue weighted by Gasteiger charge is 2.27. The van der Waals surface area contributed by atoms with Crippen LogP contribution in [0.1, 0.15) is 12.5 Å². The van der Waals surface area contributed by atoms with E-state index in [-0.39, 0.29) is 12.5 Å². The fraction of sp³-hybridized carbons (Fsp3) is 0.421. The van der Waals surface area contributed by atoms with Crippen LogP contribution in [0.5, 0.6) is 11.5 Å². The van der Waals surface area contributed by atoms with Crippen molar-refractivity contribution in [1.29, 1.82) is 0 Å². The van der Waals surface area contributed by atoms with Crippen LogP contribution in [0.2, 0.25) is 0 Å². The summed E-state index contributed by atoms with van der Waals surface area (Å²) >= 11 is 1.36. The zero-order chi connectivity index (χ0) is 19.9. The van der Waals surface area contributed by atoms with Gasteiger partial charge in [-0.2, -0.15) is 4.99 Å². The lowest BCUT2D eigenvalue weighted by molar-refractivity contribution is -0.142. The van der Waals surface area contributed by atoms with E-state index in [1.807, 2.05) is 6.92 Å². The number of aliphatic imine (C=N–C) groups is 1. The van der Waals surface area contributed by atoms with E-state index in [0.717, 1.165) is 18.7 Å². The van der Waals surface area contributed by atoms with Gasteiger partial charge in [0.2, 0.25) is 0 Å². The minimum Gasteiger partial charge on any atom is -0.490 e. The second kappa shape index (κ2) is 9.61. The van der Waals surface area contributed by atoms with Crippen LogP contribution in [0.15, 0.2) is 28.1 Å². The summed E-state index contributed by atoms with van der Waals surface area (Å²) in [7, 11) is 1.30. The number of amidine groups is 1. The number of carbonyl (C=O) groups is 2. The maximum atomic E-state index is 12.3. The molecule has 0 unspecified atom stereocenters. The number of thioether (sulfide) groups is 1. The Bertz CT molecular complexity index is 802. The van der Waals surface area contributed by atoms with Gasteiger partial charge in [-0.1, -0.05) is 6.07 Å². The predicted octanol–water partition coefficient (Wildman–Crippen LogP) is 1.94. The first-order valence-corrected chi connectivity index (χ1v) is 9.74. The quantitative estimate of drug-likeness (QED) is 0.523. The van der Waals surface area contributed by atoms with Gasteiger partial charge < -0.3 is 23.8 Å². The number of methoxy groups -OCH3 is 1. The van der Waals surface area contributed by atoms with E-state index in [1.165, 1.54) is 18.9 Å². The van der Waals surface area contributed by atoms with Gasteiger partial charge in [-0.25, -0.2) is 4.79 Å². The number of benzene rings is 1. The summed E-state index contributed by atoms with van der Waals surface area (Å²) < 4.78 is 21.0. The highest BCUT2D eigenvalue weighted by molar-refractivity contribution is 8.18. The smallest absolute Gasteiger partial charge is 0.343 e. The number of hydrogen-bond acceptors (Lipinski definition) is 8. The fourth-order valence-corrected chi connectivity index (χ4v) is 3.60. The number of amides is 1. The summed E-state index contributed by atoms with van der Waals surface area (Å²) in [5.74, 6) is 0.195. The third-order valence-electron chi connectivity index (χ3n) is 4.03. The summed E-state index contributed by atoms with van der Waals surface area (Å²) in [4.78, 5) is 30.3. The van der Waals surface area contributed by atoms with Gasteiger partial charge in [-0.05, 0) is 42.5 Å². The molecule has 0 atom stereocenters. The third-order valence-corrected chi connectivity index (χ3v) is 5.07. The number of morpholine rings is 1. The molecule has 2 aliphatic heterocycles. The lowest BCUT2D eigenvalue weighted by Crippen LogP contribution is -2.38. The van der Waals surface area contributed by atoms with Gasteiger partial charge in [0.1, 0.15) is 0 Å². The van der Waals surface area contributed by atoms with E-state index in [1.54, 1.807) is 24.3 Å². The van der Waals surface area contributed by atoms with Gasteiger partial charge >= 0.3 is 5.97 Å². The second-order valence-corrected chi connectivity index (χ2v) is 6.92. The van der Waals surface area contributed by atoms with Crippen LogP contribution < -0.4 is 9.47 Å². The molecule has 0 aromatic heterocycles. The number of ether oxygens (including phenoxy) is 4. The average Bonchev–Trinajstić information content (AvgIpc) is 3.08. The average molecular weight is 406 g/mol. The van der Waals surface area contributed by atoms with Crippen LogP contribution >= 0.6 is 11.8 Å². The van der Waals surface area contributed by atoms with Gasteiger partial charge in [-0.3, -0.25) is 4.79 Å². The minimum absolute atomic E-state index is 0.206. The molecular weight excluding hydrogens is 384 g/mol. The van der Waals surface area contributed by atoms with Crippen molar-refractivity contribution in [1.82, 2.24) is 4.90 Å². The Labute approximate surface area is 167 Å². The molecule has 1 aromatic carbocycles. The van der Waals surface area contributed by atoms with Gasteiger partial charge in [0.05, 0.1) is 31.8 Å². The van der Waals surface area contributed by atoms with Gasteiger partial charge in [-0.15, -0.1) is 0 Å². The molecule has 0 saturated carbocycles.